The van der Waals surface area contributed by atoms with E-state index in [1.165, 1.54) is 0 Å². The van der Waals surface area contributed by atoms with Gasteiger partial charge >= 0.3 is 18.3 Å². The molecule has 0 spiro atoms. The van der Waals surface area contributed by atoms with Gasteiger partial charge in [-0.2, -0.15) is 26.3 Å². The molecule has 1 rings (SSSR count). The first-order chi connectivity index (χ1) is 11.0. The molecular weight excluding hydrogens is 345 g/mol. The minimum Gasteiger partial charge on any atom is -0.462 e. The maximum absolute atomic E-state index is 13.0. The molecule has 0 N–H and O–H groups in total. The molecule has 1 aromatic rings. The van der Waals surface area contributed by atoms with Crippen molar-refractivity contribution in [3.05, 3.63) is 35.4 Å². The number of ether oxygens (including phenoxy) is 1. The van der Waals surface area contributed by atoms with Gasteiger partial charge in [0.25, 0.3) is 0 Å². The van der Waals surface area contributed by atoms with E-state index in [2.05, 4.69) is 0 Å². The summed E-state index contributed by atoms with van der Waals surface area (Å²) in [5, 5.41) is 0. The molecule has 0 bridgehead atoms. The number of carbonyl (C=O) groups excluding carboxylic acids is 1. The smallest absolute Gasteiger partial charge is 0.416 e. The second-order valence-electron chi connectivity index (χ2n) is 5.12. The van der Waals surface area contributed by atoms with Crippen LogP contribution in [0.3, 0.4) is 0 Å². The lowest BCUT2D eigenvalue weighted by Crippen LogP contribution is -2.16. The average Bonchev–Trinajstić information content (AvgIpc) is 2.44. The minimum atomic E-state index is -4.56. The fourth-order valence-corrected chi connectivity index (χ4v) is 1.86. The fraction of sp³-hybridized carbons (Fsp3) is 0.533. The van der Waals surface area contributed by atoms with Crippen molar-refractivity contribution in [3.8, 4) is 0 Å². The number of halogens is 7. The Morgan fingerprint density at radius 2 is 1.58 bits per heavy atom. The van der Waals surface area contributed by atoms with Crippen LogP contribution in [-0.2, 0) is 10.9 Å². The predicted molar refractivity (Wildman–Crippen MR) is 71.1 cm³/mol. The highest BCUT2D eigenvalue weighted by molar-refractivity contribution is 5.89. The Bertz CT molecular complexity index is 520. The summed E-state index contributed by atoms with van der Waals surface area (Å²) < 4.78 is 90.5. The number of rotatable bonds is 7. The number of esters is 1. The Kier molecular flexibility index (Phi) is 7.04. The maximum atomic E-state index is 13.0. The molecule has 0 heterocycles. The Labute approximate surface area is 133 Å². The number of benzene rings is 1. The van der Waals surface area contributed by atoms with E-state index in [4.69, 9.17) is 4.74 Å². The molecule has 1 unspecified atom stereocenters. The van der Waals surface area contributed by atoms with Crippen molar-refractivity contribution in [1.29, 1.82) is 0 Å². The number of carbonyl (C=O) groups is 1. The normalized spacial score (nSPS) is 13.6. The quantitative estimate of drug-likeness (QED) is 0.374. The van der Waals surface area contributed by atoms with Gasteiger partial charge in [0.2, 0.25) is 0 Å². The summed E-state index contributed by atoms with van der Waals surface area (Å²) in [4.78, 5) is 11.6. The Morgan fingerprint density at radius 3 is 2.08 bits per heavy atom. The molecule has 0 fully saturated rings. The van der Waals surface area contributed by atoms with Gasteiger partial charge in [0.05, 0.1) is 24.2 Å². The predicted octanol–water partition coefficient (Wildman–Crippen LogP) is 5.32. The van der Waals surface area contributed by atoms with Gasteiger partial charge in [0, 0.05) is 0 Å². The van der Waals surface area contributed by atoms with Crippen molar-refractivity contribution in [1.82, 2.24) is 0 Å². The van der Waals surface area contributed by atoms with Gasteiger partial charge in [0.15, 0.2) is 0 Å². The molecule has 24 heavy (non-hydrogen) atoms. The molecule has 0 radical (unpaired) electrons. The van der Waals surface area contributed by atoms with Crippen LogP contribution in [-0.4, -0.2) is 24.9 Å². The molecule has 136 valence electrons. The molecule has 0 aliphatic heterocycles. The average molecular weight is 360 g/mol. The first-order valence-corrected chi connectivity index (χ1v) is 7.04. The molecule has 1 atom stereocenters. The molecule has 0 aliphatic rings. The largest absolute Gasteiger partial charge is 0.462 e. The molecular formula is C15H15F7O2. The van der Waals surface area contributed by atoms with Gasteiger partial charge in [-0.25, -0.2) is 9.18 Å². The number of hydrogen-bond donors (Lipinski definition) is 0. The third kappa shape index (κ3) is 7.65. The van der Waals surface area contributed by atoms with E-state index in [0.717, 1.165) is 24.3 Å². The van der Waals surface area contributed by atoms with Crippen molar-refractivity contribution in [2.45, 2.75) is 44.2 Å². The molecule has 0 aliphatic carbocycles. The van der Waals surface area contributed by atoms with E-state index < -0.39 is 36.5 Å². The van der Waals surface area contributed by atoms with Crippen LogP contribution in [0.15, 0.2) is 24.3 Å². The summed E-state index contributed by atoms with van der Waals surface area (Å²) in [5.74, 6) is -0.851. The van der Waals surface area contributed by atoms with Crippen molar-refractivity contribution in [2.24, 2.45) is 0 Å². The van der Waals surface area contributed by atoms with Gasteiger partial charge in [0.1, 0.15) is 6.17 Å². The highest BCUT2D eigenvalue weighted by Gasteiger charge is 2.32. The Morgan fingerprint density at radius 1 is 1.00 bits per heavy atom. The monoisotopic (exact) mass is 360 g/mol. The second kappa shape index (κ2) is 8.34. The van der Waals surface area contributed by atoms with E-state index in [1.54, 1.807) is 0 Å². The number of unbranched alkanes of at least 4 members (excludes halogenated alkanes) is 1. The molecule has 0 saturated carbocycles. The van der Waals surface area contributed by atoms with Crippen LogP contribution in [0.5, 0.6) is 0 Å². The Balaban J connectivity index is 2.29. The van der Waals surface area contributed by atoms with E-state index in [9.17, 15) is 35.5 Å². The zero-order valence-corrected chi connectivity index (χ0v) is 12.4. The molecule has 9 heteroatoms. The van der Waals surface area contributed by atoms with Crippen molar-refractivity contribution >= 4 is 5.97 Å². The molecule has 0 amide bonds. The van der Waals surface area contributed by atoms with Crippen LogP contribution in [0.1, 0.15) is 41.6 Å². The van der Waals surface area contributed by atoms with E-state index in [-0.39, 0.29) is 31.4 Å². The second-order valence-corrected chi connectivity index (χ2v) is 5.12. The molecule has 2 nitrogen and oxygen atoms in total. The fourth-order valence-electron chi connectivity index (χ4n) is 1.86. The van der Waals surface area contributed by atoms with Crippen molar-refractivity contribution < 1.29 is 40.3 Å². The van der Waals surface area contributed by atoms with Crippen LogP contribution in [0.4, 0.5) is 30.7 Å². The number of alkyl halides is 7. The summed E-state index contributed by atoms with van der Waals surface area (Å²) in [6.07, 6.45) is -12.6. The first-order valence-electron chi connectivity index (χ1n) is 7.04. The van der Waals surface area contributed by atoms with Crippen LogP contribution in [0, 0.1) is 0 Å². The summed E-state index contributed by atoms with van der Waals surface area (Å²) in [7, 11) is 0. The summed E-state index contributed by atoms with van der Waals surface area (Å²) in [6, 6.07) is 3.40. The lowest BCUT2D eigenvalue weighted by Gasteiger charge is -2.11. The third-order valence-electron chi connectivity index (χ3n) is 3.05. The lowest BCUT2D eigenvalue weighted by atomic mass is 10.1. The molecule has 0 saturated heterocycles. The first kappa shape index (κ1) is 20.2. The van der Waals surface area contributed by atoms with Gasteiger partial charge < -0.3 is 4.74 Å². The van der Waals surface area contributed by atoms with Crippen LogP contribution in [0.25, 0.3) is 0 Å². The van der Waals surface area contributed by atoms with E-state index >= 15 is 0 Å². The number of hydrogen-bond acceptors (Lipinski definition) is 2. The van der Waals surface area contributed by atoms with Crippen LogP contribution in [0.2, 0.25) is 0 Å². The summed E-state index contributed by atoms with van der Waals surface area (Å²) in [6.45, 7) is -0.154. The minimum absolute atomic E-state index is 0.0801. The van der Waals surface area contributed by atoms with Gasteiger partial charge in [-0.15, -0.1) is 0 Å². The van der Waals surface area contributed by atoms with Gasteiger partial charge in [-0.3, -0.25) is 0 Å². The van der Waals surface area contributed by atoms with Crippen molar-refractivity contribution in [3.63, 3.8) is 0 Å². The topological polar surface area (TPSA) is 26.3 Å². The lowest BCUT2D eigenvalue weighted by molar-refractivity contribution is -0.146. The zero-order chi connectivity index (χ0) is 18.4. The SMILES string of the molecule is O=C(OCCCCC(F)CC(F)(F)F)c1ccc(C(F)(F)F)cc1. The summed E-state index contributed by atoms with van der Waals surface area (Å²) >= 11 is 0. The van der Waals surface area contributed by atoms with E-state index in [0.29, 0.717) is 0 Å². The van der Waals surface area contributed by atoms with Crippen LogP contribution < -0.4 is 0 Å². The van der Waals surface area contributed by atoms with Gasteiger partial charge in [-0.05, 0) is 43.5 Å². The van der Waals surface area contributed by atoms with Crippen LogP contribution >= 0.6 is 0 Å². The highest BCUT2D eigenvalue weighted by Crippen LogP contribution is 2.29. The Hall–Kier alpha value is -1.80. The van der Waals surface area contributed by atoms with Gasteiger partial charge in [-0.1, -0.05) is 0 Å². The third-order valence-corrected chi connectivity index (χ3v) is 3.05. The highest BCUT2D eigenvalue weighted by atomic mass is 19.4. The standard InChI is InChI=1S/C15H15F7O2/c16-12(9-14(17,18)19)3-1-2-8-24-13(23)10-4-6-11(7-5-10)15(20,21)22/h4-7,12H,1-3,8-9H2. The molecule has 0 aromatic heterocycles. The van der Waals surface area contributed by atoms with E-state index in [1.807, 2.05) is 0 Å². The van der Waals surface area contributed by atoms with Crippen molar-refractivity contribution in [2.75, 3.05) is 6.61 Å². The summed E-state index contributed by atoms with van der Waals surface area (Å²) in [5.41, 5.74) is -0.985. The maximum Gasteiger partial charge on any atom is 0.416 e. The zero-order valence-electron chi connectivity index (χ0n) is 12.4. The molecule has 1 aromatic carbocycles.